The Morgan fingerprint density at radius 3 is 2.76 bits per heavy atom. The van der Waals surface area contributed by atoms with Crippen molar-refractivity contribution in [1.82, 2.24) is 4.98 Å². The number of nitrogens with zero attached hydrogens (tertiary/aromatic N) is 3. The summed E-state index contributed by atoms with van der Waals surface area (Å²) in [6, 6.07) is 6.43. The second-order valence-electron chi connectivity index (χ2n) is 4.23. The summed E-state index contributed by atoms with van der Waals surface area (Å²) in [5, 5.41) is 10.7. The van der Waals surface area contributed by atoms with E-state index in [0.717, 1.165) is 17.2 Å². The molecule has 7 nitrogen and oxygen atoms in total. The van der Waals surface area contributed by atoms with Crippen LogP contribution < -0.4 is 10.6 Å². The zero-order valence-electron chi connectivity index (χ0n) is 11.0. The number of benzene rings is 1. The van der Waals surface area contributed by atoms with E-state index in [2.05, 4.69) is 4.98 Å². The molecular formula is C13H11FN4O3. The minimum Gasteiger partial charge on any atom is -0.383 e. The molecular weight excluding hydrogens is 279 g/mol. The van der Waals surface area contributed by atoms with Gasteiger partial charge in [-0.1, -0.05) is 6.07 Å². The maximum atomic E-state index is 13.2. The summed E-state index contributed by atoms with van der Waals surface area (Å²) in [6.07, 6.45) is 0.967. The van der Waals surface area contributed by atoms with E-state index in [4.69, 9.17) is 5.73 Å². The summed E-state index contributed by atoms with van der Waals surface area (Å²) in [5.41, 5.74) is 5.42. The number of anilines is 2. The Morgan fingerprint density at radius 2 is 2.14 bits per heavy atom. The van der Waals surface area contributed by atoms with Gasteiger partial charge in [0.05, 0.1) is 10.5 Å². The molecule has 0 bridgehead atoms. The van der Waals surface area contributed by atoms with Gasteiger partial charge < -0.3 is 10.6 Å². The number of hydrogen-bond acceptors (Lipinski definition) is 5. The van der Waals surface area contributed by atoms with Crippen LogP contribution in [0.3, 0.4) is 0 Å². The normalized spacial score (nSPS) is 10.2. The van der Waals surface area contributed by atoms with Gasteiger partial charge in [0.1, 0.15) is 17.8 Å². The van der Waals surface area contributed by atoms with Gasteiger partial charge in [-0.05, 0) is 18.2 Å². The van der Waals surface area contributed by atoms with Crippen molar-refractivity contribution in [3.05, 3.63) is 58.0 Å². The van der Waals surface area contributed by atoms with Crippen molar-refractivity contribution in [2.75, 3.05) is 17.7 Å². The molecule has 108 valence electrons. The molecule has 2 N–H and O–H groups in total. The molecule has 0 aliphatic heterocycles. The van der Waals surface area contributed by atoms with Gasteiger partial charge in [-0.2, -0.15) is 0 Å². The zero-order chi connectivity index (χ0) is 15.6. The van der Waals surface area contributed by atoms with Gasteiger partial charge in [-0.3, -0.25) is 14.9 Å². The number of pyridine rings is 1. The molecule has 0 saturated carbocycles. The number of carbonyl (C=O) groups excluding carboxylic acids is 1. The fraction of sp³-hybridized carbons (Fsp3) is 0.0769. The van der Waals surface area contributed by atoms with E-state index in [1.165, 1.54) is 31.3 Å². The molecule has 0 radical (unpaired) electrons. The second kappa shape index (κ2) is 5.53. The maximum Gasteiger partial charge on any atom is 0.288 e. The van der Waals surface area contributed by atoms with Crippen LogP contribution in [0.25, 0.3) is 0 Å². The maximum absolute atomic E-state index is 13.2. The quantitative estimate of drug-likeness (QED) is 0.687. The fourth-order valence-corrected chi connectivity index (χ4v) is 1.72. The number of nitrogens with two attached hydrogens (primary N) is 1. The first-order chi connectivity index (χ1) is 9.90. The number of amides is 1. The number of hydrogen-bond donors (Lipinski definition) is 1. The largest absolute Gasteiger partial charge is 0.383 e. The number of rotatable bonds is 3. The van der Waals surface area contributed by atoms with Crippen molar-refractivity contribution in [2.45, 2.75) is 0 Å². The third-order valence-electron chi connectivity index (χ3n) is 2.85. The Kier molecular flexibility index (Phi) is 3.79. The monoisotopic (exact) mass is 290 g/mol. The van der Waals surface area contributed by atoms with Gasteiger partial charge in [0.25, 0.3) is 11.6 Å². The van der Waals surface area contributed by atoms with Crippen LogP contribution in [0.1, 0.15) is 10.4 Å². The third-order valence-corrected chi connectivity index (χ3v) is 2.85. The molecule has 2 aromatic rings. The topological polar surface area (TPSA) is 102 Å². The average Bonchev–Trinajstić information content (AvgIpc) is 2.46. The lowest BCUT2D eigenvalue weighted by Gasteiger charge is -2.17. The lowest BCUT2D eigenvalue weighted by Crippen LogP contribution is -2.27. The molecule has 0 unspecified atom stereocenters. The summed E-state index contributed by atoms with van der Waals surface area (Å²) in [7, 11) is 1.41. The summed E-state index contributed by atoms with van der Waals surface area (Å²) in [6.45, 7) is 0. The van der Waals surface area contributed by atoms with Crippen LogP contribution in [0.15, 0.2) is 36.5 Å². The van der Waals surface area contributed by atoms with E-state index in [9.17, 15) is 19.3 Å². The number of aromatic nitrogens is 1. The molecule has 0 aliphatic rings. The predicted octanol–water partition coefficient (Wildman–Crippen LogP) is 1.99. The van der Waals surface area contributed by atoms with Crippen LogP contribution >= 0.6 is 0 Å². The van der Waals surface area contributed by atoms with Crippen molar-refractivity contribution in [3.8, 4) is 0 Å². The molecule has 1 heterocycles. The van der Waals surface area contributed by atoms with Crippen LogP contribution in [0.4, 0.5) is 21.6 Å². The lowest BCUT2D eigenvalue weighted by atomic mass is 10.2. The molecule has 0 aliphatic carbocycles. The van der Waals surface area contributed by atoms with Crippen molar-refractivity contribution in [3.63, 3.8) is 0 Å². The molecule has 0 atom stereocenters. The van der Waals surface area contributed by atoms with E-state index in [0.29, 0.717) is 5.69 Å². The lowest BCUT2D eigenvalue weighted by molar-refractivity contribution is -0.385. The Morgan fingerprint density at radius 1 is 1.43 bits per heavy atom. The molecule has 8 heteroatoms. The smallest absolute Gasteiger partial charge is 0.288 e. The van der Waals surface area contributed by atoms with Gasteiger partial charge in [-0.15, -0.1) is 0 Å². The van der Waals surface area contributed by atoms with Crippen LogP contribution in [0.5, 0.6) is 0 Å². The summed E-state index contributed by atoms with van der Waals surface area (Å²) >= 11 is 0. The van der Waals surface area contributed by atoms with Crippen molar-refractivity contribution in [2.24, 2.45) is 0 Å². The molecule has 1 aromatic carbocycles. The van der Waals surface area contributed by atoms with E-state index in [1.807, 2.05) is 0 Å². The van der Waals surface area contributed by atoms with Crippen LogP contribution in [0, 0.1) is 15.9 Å². The highest BCUT2D eigenvalue weighted by Crippen LogP contribution is 2.21. The minimum absolute atomic E-state index is 0.115. The number of carbonyl (C=O) groups is 1. The van der Waals surface area contributed by atoms with E-state index < -0.39 is 16.6 Å². The molecule has 0 spiro atoms. The molecule has 21 heavy (non-hydrogen) atoms. The molecule has 1 amide bonds. The molecule has 0 fully saturated rings. The molecule has 2 rings (SSSR count). The fourth-order valence-electron chi connectivity index (χ4n) is 1.72. The van der Waals surface area contributed by atoms with Gasteiger partial charge in [0, 0.05) is 18.8 Å². The highest BCUT2D eigenvalue weighted by molar-refractivity contribution is 6.08. The van der Waals surface area contributed by atoms with E-state index in [-0.39, 0.29) is 17.1 Å². The van der Waals surface area contributed by atoms with Crippen molar-refractivity contribution in [1.29, 1.82) is 0 Å². The van der Waals surface area contributed by atoms with Gasteiger partial charge >= 0.3 is 0 Å². The number of nitro groups is 1. The van der Waals surface area contributed by atoms with Crippen LogP contribution in [0.2, 0.25) is 0 Å². The number of halogens is 1. The Labute approximate surface area is 119 Å². The van der Waals surface area contributed by atoms with Crippen molar-refractivity contribution >= 4 is 23.1 Å². The Hall–Kier alpha value is -3.03. The summed E-state index contributed by atoms with van der Waals surface area (Å²) in [4.78, 5) is 27.1. The van der Waals surface area contributed by atoms with Gasteiger partial charge in [0.2, 0.25) is 0 Å². The van der Waals surface area contributed by atoms with Crippen molar-refractivity contribution < 1.29 is 14.1 Å². The summed E-state index contributed by atoms with van der Waals surface area (Å²) < 4.78 is 13.2. The van der Waals surface area contributed by atoms with Gasteiger partial charge in [0.15, 0.2) is 0 Å². The third kappa shape index (κ3) is 2.94. The first kappa shape index (κ1) is 14.4. The predicted molar refractivity (Wildman–Crippen MR) is 74.4 cm³/mol. The molecule has 0 saturated heterocycles. The van der Waals surface area contributed by atoms with E-state index in [1.54, 1.807) is 0 Å². The molecule has 1 aromatic heterocycles. The highest BCUT2D eigenvalue weighted by atomic mass is 19.1. The summed E-state index contributed by atoms with van der Waals surface area (Å²) in [5.74, 6) is -1.25. The zero-order valence-corrected chi connectivity index (χ0v) is 11.0. The second-order valence-corrected chi connectivity index (χ2v) is 4.23. The first-order valence-electron chi connectivity index (χ1n) is 5.83. The minimum atomic E-state index is -0.675. The average molecular weight is 290 g/mol. The Bertz CT molecular complexity index is 720. The van der Waals surface area contributed by atoms with E-state index >= 15 is 0 Å². The highest BCUT2D eigenvalue weighted by Gasteiger charge is 2.20. The Balaban J connectivity index is 2.39. The standard InChI is InChI=1S/C13H11FN4O3/c1-17(9-4-2-3-8(14)5-9)13(19)11-6-10(18(20)21)7-16-12(11)15/h2-7H,1H3,(H2,15,16). The van der Waals surface area contributed by atoms with Gasteiger partial charge in [-0.25, -0.2) is 9.37 Å². The van der Waals surface area contributed by atoms with Crippen LogP contribution in [-0.4, -0.2) is 22.9 Å². The SMILES string of the molecule is CN(C(=O)c1cc([N+](=O)[O-])cnc1N)c1cccc(F)c1. The first-order valence-corrected chi connectivity index (χ1v) is 5.83. The number of nitrogen functional groups attached to an aromatic ring is 1. The van der Waals surface area contributed by atoms with Crippen LogP contribution in [-0.2, 0) is 0 Å².